The Kier molecular flexibility index (Phi) is 2.48. The fourth-order valence-electron chi connectivity index (χ4n) is 0.999. The number of aryl methyl sites for hydroxylation is 1. The van der Waals surface area contributed by atoms with Crippen molar-refractivity contribution in [2.75, 3.05) is 12.3 Å². The Morgan fingerprint density at radius 1 is 1.73 bits per heavy atom. The first-order valence-electron chi connectivity index (χ1n) is 3.70. The fourth-order valence-corrected chi connectivity index (χ4v) is 0.999. The summed E-state index contributed by atoms with van der Waals surface area (Å²) in [6.45, 7) is 2.88. The van der Waals surface area contributed by atoms with E-state index in [1.165, 1.54) is 0 Å². The van der Waals surface area contributed by atoms with Crippen molar-refractivity contribution in [1.29, 1.82) is 0 Å². The van der Waals surface area contributed by atoms with E-state index in [1.807, 2.05) is 6.92 Å². The molecule has 0 aromatic carbocycles. The first-order valence-corrected chi connectivity index (χ1v) is 3.70. The third-order valence-corrected chi connectivity index (χ3v) is 1.64. The molecule has 0 unspecified atom stereocenters. The molecular weight excluding hydrogens is 142 g/mol. The zero-order valence-corrected chi connectivity index (χ0v) is 6.62. The van der Waals surface area contributed by atoms with Crippen LogP contribution < -0.4 is 5.73 Å². The maximum atomic E-state index is 8.63. The Balaban J connectivity index is 2.82. The molecule has 0 bridgehead atoms. The van der Waals surface area contributed by atoms with Crippen molar-refractivity contribution in [1.82, 2.24) is 9.78 Å². The molecule has 0 fully saturated rings. The number of nitrogens with zero attached hydrogens (tertiary/aromatic N) is 2. The maximum Gasteiger partial charge on any atom is 0.124 e. The van der Waals surface area contributed by atoms with Gasteiger partial charge in [-0.15, -0.1) is 0 Å². The van der Waals surface area contributed by atoms with Crippen LogP contribution in [0.25, 0.3) is 0 Å². The number of aromatic nitrogens is 2. The Morgan fingerprint density at radius 3 is 2.91 bits per heavy atom. The molecule has 0 saturated carbocycles. The van der Waals surface area contributed by atoms with Gasteiger partial charge in [-0.3, -0.25) is 4.68 Å². The van der Waals surface area contributed by atoms with E-state index in [0.717, 1.165) is 12.1 Å². The number of hydrogen-bond donors (Lipinski definition) is 2. The van der Waals surface area contributed by atoms with Crippen molar-refractivity contribution in [3.05, 3.63) is 11.8 Å². The van der Waals surface area contributed by atoms with Crippen LogP contribution in [0.1, 0.15) is 12.5 Å². The first kappa shape index (κ1) is 8.07. The molecule has 0 amide bonds. The standard InChI is InChI=1S/C7H13N3O/c1-2-10-7(8)6(3-4-11)5-9-10/h5,11H,2-4,8H2,1H3. The summed E-state index contributed by atoms with van der Waals surface area (Å²) < 4.78 is 1.71. The molecule has 3 N–H and O–H groups in total. The molecule has 1 heterocycles. The largest absolute Gasteiger partial charge is 0.396 e. The highest BCUT2D eigenvalue weighted by molar-refractivity contribution is 5.38. The Morgan fingerprint density at radius 2 is 2.45 bits per heavy atom. The molecular formula is C7H13N3O. The molecule has 0 aliphatic rings. The summed E-state index contributed by atoms with van der Waals surface area (Å²) in [7, 11) is 0. The molecule has 0 spiro atoms. The Labute approximate surface area is 65.6 Å². The molecule has 0 radical (unpaired) electrons. The number of aliphatic hydroxyl groups excluding tert-OH is 1. The minimum Gasteiger partial charge on any atom is -0.396 e. The third kappa shape index (κ3) is 1.51. The molecule has 11 heavy (non-hydrogen) atoms. The first-order chi connectivity index (χ1) is 5.29. The van der Waals surface area contributed by atoms with Gasteiger partial charge in [-0.05, 0) is 6.92 Å². The van der Waals surface area contributed by atoms with Crippen LogP contribution in [-0.2, 0) is 13.0 Å². The van der Waals surface area contributed by atoms with Gasteiger partial charge in [0.2, 0.25) is 0 Å². The monoisotopic (exact) mass is 155 g/mol. The molecule has 1 aromatic rings. The third-order valence-electron chi connectivity index (χ3n) is 1.64. The van der Waals surface area contributed by atoms with Crippen LogP contribution in [0, 0.1) is 0 Å². The van der Waals surface area contributed by atoms with Crippen molar-refractivity contribution in [3.8, 4) is 0 Å². The highest BCUT2D eigenvalue weighted by atomic mass is 16.2. The Bertz CT molecular complexity index is 232. The van der Waals surface area contributed by atoms with E-state index in [9.17, 15) is 0 Å². The zero-order chi connectivity index (χ0) is 8.27. The van der Waals surface area contributed by atoms with Gasteiger partial charge in [0.15, 0.2) is 0 Å². The van der Waals surface area contributed by atoms with Crippen molar-refractivity contribution in [2.24, 2.45) is 0 Å². The van der Waals surface area contributed by atoms with Crippen LogP contribution in [0.2, 0.25) is 0 Å². The van der Waals surface area contributed by atoms with Crippen LogP contribution in [0.4, 0.5) is 5.82 Å². The van der Waals surface area contributed by atoms with Gasteiger partial charge in [-0.25, -0.2) is 0 Å². The van der Waals surface area contributed by atoms with E-state index < -0.39 is 0 Å². The molecule has 1 aromatic heterocycles. The summed E-state index contributed by atoms with van der Waals surface area (Å²) >= 11 is 0. The van der Waals surface area contributed by atoms with Crippen molar-refractivity contribution in [3.63, 3.8) is 0 Å². The summed E-state index contributed by atoms with van der Waals surface area (Å²) in [5.74, 6) is 0.668. The number of nitrogen functional groups attached to an aromatic ring is 1. The van der Waals surface area contributed by atoms with Crippen LogP contribution in [0.15, 0.2) is 6.20 Å². The second-order valence-corrected chi connectivity index (χ2v) is 2.34. The maximum absolute atomic E-state index is 8.63. The molecule has 62 valence electrons. The zero-order valence-electron chi connectivity index (χ0n) is 6.62. The minimum atomic E-state index is 0.125. The Hall–Kier alpha value is -1.03. The van der Waals surface area contributed by atoms with E-state index in [2.05, 4.69) is 5.10 Å². The lowest BCUT2D eigenvalue weighted by molar-refractivity contribution is 0.300. The number of aliphatic hydroxyl groups is 1. The van der Waals surface area contributed by atoms with Crippen LogP contribution >= 0.6 is 0 Å². The highest BCUT2D eigenvalue weighted by Gasteiger charge is 2.03. The van der Waals surface area contributed by atoms with Gasteiger partial charge in [-0.1, -0.05) is 0 Å². The molecule has 4 heteroatoms. The van der Waals surface area contributed by atoms with Crippen LogP contribution in [-0.4, -0.2) is 21.5 Å². The summed E-state index contributed by atoms with van der Waals surface area (Å²) in [5, 5.41) is 12.7. The average Bonchev–Trinajstić information content (AvgIpc) is 2.34. The molecule has 0 atom stereocenters. The van der Waals surface area contributed by atoms with Gasteiger partial charge in [0.05, 0.1) is 6.20 Å². The lowest BCUT2D eigenvalue weighted by atomic mass is 10.2. The van der Waals surface area contributed by atoms with E-state index in [1.54, 1.807) is 10.9 Å². The highest BCUT2D eigenvalue weighted by Crippen LogP contribution is 2.10. The van der Waals surface area contributed by atoms with Gasteiger partial charge >= 0.3 is 0 Å². The SMILES string of the molecule is CCn1ncc(CCO)c1N. The van der Waals surface area contributed by atoms with Gasteiger partial charge in [0.25, 0.3) is 0 Å². The summed E-state index contributed by atoms with van der Waals surface area (Å²) in [6, 6.07) is 0. The molecule has 4 nitrogen and oxygen atoms in total. The number of nitrogens with two attached hydrogens (primary N) is 1. The normalized spacial score (nSPS) is 10.4. The average molecular weight is 155 g/mol. The molecule has 0 saturated heterocycles. The van der Waals surface area contributed by atoms with E-state index in [0.29, 0.717) is 12.2 Å². The second-order valence-electron chi connectivity index (χ2n) is 2.34. The van der Waals surface area contributed by atoms with Crippen molar-refractivity contribution < 1.29 is 5.11 Å². The van der Waals surface area contributed by atoms with Crippen LogP contribution in [0.5, 0.6) is 0 Å². The molecule has 1 rings (SSSR count). The predicted molar refractivity (Wildman–Crippen MR) is 43.1 cm³/mol. The summed E-state index contributed by atoms with van der Waals surface area (Å²) in [5.41, 5.74) is 6.61. The lowest BCUT2D eigenvalue weighted by Gasteiger charge is -1.99. The van der Waals surface area contributed by atoms with Gasteiger partial charge in [0.1, 0.15) is 5.82 Å². The van der Waals surface area contributed by atoms with Gasteiger partial charge in [0, 0.05) is 25.1 Å². The predicted octanol–water partition coefficient (Wildman–Crippen LogP) is 0.0200. The van der Waals surface area contributed by atoms with Gasteiger partial charge < -0.3 is 10.8 Å². The summed E-state index contributed by atoms with van der Waals surface area (Å²) in [6.07, 6.45) is 2.29. The smallest absolute Gasteiger partial charge is 0.124 e. The van der Waals surface area contributed by atoms with E-state index in [-0.39, 0.29) is 6.61 Å². The number of anilines is 1. The second kappa shape index (κ2) is 3.39. The lowest BCUT2D eigenvalue weighted by Crippen LogP contribution is -2.03. The molecule has 0 aliphatic heterocycles. The molecule has 0 aliphatic carbocycles. The topological polar surface area (TPSA) is 64.1 Å². The quantitative estimate of drug-likeness (QED) is 0.646. The van der Waals surface area contributed by atoms with E-state index >= 15 is 0 Å². The fraction of sp³-hybridized carbons (Fsp3) is 0.571. The number of rotatable bonds is 3. The minimum absolute atomic E-state index is 0.125. The van der Waals surface area contributed by atoms with Crippen LogP contribution in [0.3, 0.4) is 0 Å². The van der Waals surface area contributed by atoms with Crippen molar-refractivity contribution >= 4 is 5.82 Å². The summed E-state index contributed by atoms with van der Waals surface area (Å²) in [4.78, 5) is 0. The van der Waals surface area contributed by atoms with Crippen molar-refractivity contribution in [2.45, 2.75) is 19.9 Å². The number of hydrogen-bond acceptors (Lipinski definition) is 3. The van der Waals surface area contributed by atoms with E-state index in [4.69, 9.17) is 10.8 Å². The van der Waals surface area contributed by atoms with Gasteiger partial charge in [-0.2, -0.15) is 5.10 Å².